The molecule has 208 valence electrons. The van der Waals surface area contributed by atoms with Crippen LogP contribution in [-0.4, -0.2) is 35.4 Å². The first kappa shape index (κ1) is 31.0. The van der Waals surface area contributed by atoms with Crippen LogP contribution in [0.25, 0.3) is 0 Å². The molecular formula is C31H35BrCl2N2O3. The SMILES string of the molecule is CC(C)NC(=O)[C@@H](Cc1ccccc1)N(Cc1ccc(Cl)cc1Cl)C(=O)COc1ccc(C(C)(C)C)cc1Br. The summed E-state index contributed by atoms with van der Waals surface area (Å²) in [5.74, 6) is -0.0391. The Bertz CT molecular complexity index is 1290. The maximum absolute atomic E-state index is 13.8. The van der Waals surface area contributed by atoms with E-state index in [4.69, 9.17) is 27.9 Å². The molecule has 1 atom stereocenters. The molecule has 0 heterocycles. The average Bonchev–Trinajstić information content (AvgIpc) is 2.86. The Morgan fingerprint density at radius 3 is 2.28 bits per heavy atom. The van der Waals surface area contributed by atoms with Crippen LogP contribution in [0.4, 0.5) is 0 Å². The third kappa shape index (κ3) is 8.99. The van der Waals surface area contributed by atoms with Gasteiger partial charge in [-0.3, -0.25) is 9.59 Å². The minimum absolute atomic E-state index is 0.0278. The number of halogens is 3. The van der Waals surface area contributed by atoms with Crippen molar-refractivity contribution < 1.29 is 14.3 Å². The Kier molecular flexibility index (Phi) is 10.9. The lowest BCUT2D eigenvalue weighted by molar-refractivity contribution is -0.143. The van der Waals surface area contributed by atoms with Gasteiger partial charge in [-0.05, 0) is 76.1 Å². The number of carbonyl (C=O) groups is 2. The van der Waals surface area contributed by atoms with Gasteiger partial charge < -0.3 is 15.0 Å². The molecule has 0 saturated carbocycles. The Morgan fingerprint density at radius 2 is 1.69 bits per heavy atom. The lowest BCUT2D eigenvalue weighted by Gasteiger charge is -2.32. The third-order valence-electron chi connectivity index (χ3n) is 6.21. The lowest BCUT2D eigenvalue weighted by atomic mass is 9.87. The number of rotatable bonds is 10. The Labute approximate surface area is 250 Å². The van der Waals surface area contributed by atoms with Gasteiger partial charge in [-0.1, -0.05) is 86.4 Å². The smallest absolute Gasteiger partial charge is 0.261 e. The zero-order valence-corrected chi connectivity index (χ0v) is 26.0. The molecule has 8 heteroatoms. The summed E-state index contributed by atoms with van der Waals surface area (Å²) in [5, 5.41) is 3.89. The molecule has 0 bridgehead atoms. The molecule has 0 aromatic heterocycles. The molecule has 0 saturated heterocycles. The van der Waals surface area contributed by atoms with Crippen LogP contribution in [0.2, 0.25) is 10.0 Å². The van der Waals surface area contributed by atoms with Crippen molar-refractivity contribution in [3.05, 3.63) is 97.9 Å². The zero-order valence-electron chi connectivity index (χ0n) is 22.9. The number of nitrogens with one attached hydrogen (secondary N) is 1. The van der Waals surface area contributed by atoms with Gasteiger partial charge in [0, 0.05) is 29.1 Å². The van der Waals surface area contributed by atoms with Crippen molar-refractivity contribution in [1.82, 2.24) is 10.2 Å². The predicted octanol–water partition coefficient (Wildman–Crippen LogP) is 7.60. The van der Waals surface area contributed by atoms with Crippen molar-refractivity contribution >= 4 is 50.9 Å². The van der Waals surface area contributed by atoms with E-state index in [1.165, 1.54) is 4.90 Å². The van der Waals surface area contributed by atoms with Crippen molar-refractivity contribution in [3.63, 3.8) is 0 Å². The van der Waals surface area contributed by atoms with E-state index in [0.29, 0.717) is 27.8 Å². The second-order valence-corrected chi connectivity index (χ2v) is 12.5. The highest BCUT2D eigenvalue weighted by atomic mass is 79.9. The third-order valence-corrected chi connectivity index (χ3v) is 7.41. The summed E-state index contributed by atoms with van der Waals surface area (Å²) < 4.78 is 6.73. The van der Waals surface area contributed by atoms with Gasteiger partial charge in [0.2, 0.25) is 5.91 Å². The van der Waals surface area contributed by atoms with E-state index in [1.807, 2.05) is 62.4 Å². The zero-order chi connectivity index (χ0) is 28.7. The minimum atomic E-state index is -0.788. The fourth-order valence-corrected chi connectivity index (χ4v) is 5.04. The summed E-state index contributed by atoms with van der Waals surface area (Å²) in [6.45, 7) is 10.0. The topological polar surface area (TPSA) is 58.6 Å². The van der Waals surface area contributed by atoms with Crippen molar-refractivity contribution in [2.75, 3.05) is 6.61 Å². The molecule has 0 aliphatic rings. The van der Waals surface area contributed by atoms with Crippen molar-refractivity contribution in [2.45, 2.75) is 65.1 Å². The number of nitrogens with zero attached hydrogens (tertiary/aromatic N) is 1. The highest BCUT2D eigenvalue weighted by molar-refractivity contribution is 9.10. The molecule has 0 aliphatic carbocycles. The minimum Gasteiger partial charge on any atom is -0.483 e. The molecule has 0 unspecified atom stereocenters. The number of carbonyl (C=O) groups excluding carboxylic acids is 2. The molecule has 2 amide bonds. The number of benzene rings is 3. The molecule has 0 spiro atoms. The molecule has 3 rings (SSSR count). The number of hydrogen-bond acceptors (Lipinski definition) is 3. The van der Waals surface area contributed by atoms with Crippen molar-refractivity contribution in [3.8, 4) is 5.75 Å². The van der Waals surface area contributed by atoms with Gasteiger partial charge in [-0.25, -0.2) is 0 Å². The van der Waals surface area contributed by atoms with Gasteiger partial charge >= 0.3 is 0 Å². The molecule has 1 N–H and O–H groups in total. The number of ether oxygens (including phenoxy) is 1. The number of amides is 2. The Morgan fingerprint density at radius 1 is 1.00 bits per heavy atom. The van der Waals surface area contributed by atoms with Crippen LogP contribution in [0, 0.1) is 0 Å². The van der Waals surface area contributed by atoms with Crippen LogP contribution in [-0.2, 0) is 28.0 Å². The average molecular weight is 634 g/mol. The molecular weight excluding hydrogens is 599 g/mol. The van der Waals surface area contributed by atoms with Crippen LogP contribution < -0.4 is 10.1 Å². The second-order valence-electron chi connectivity index (χ2n) is 10.8. The molecule has 0 radical (unpaired) electrons. The van der Waals surface area contributed by atoms with Gasteiger partial charge in [-0.15, -0.1) is 0 Å². The van der Waals surface area contributed by atoms with Gasteiger partial charge in [0.05, 0.1) is 4.47 Å². The first-order chi connectivity index (χ1) is 18.3. The summed E-state index contributed by atoms with van der Waals surface area (Å²) in [7, 11) is 0. The fourth-order valence-electron chi connectivity index (χ4n) is 4.07. The summed E-state index contributed by atoms with van der Waals surface area (Å²) >= 11 is 16.2. The van der Waals surface area contributed by atoms with Crippen LogP contribution in [0.3, 0.4) is 0 Å². The van der Waals surface area contributed by atoms with Gasteiger partial charge in [0.25, 0.3) is 5.91 Å². The molecule has 5 nitrogen and oxygen atoms in total. The Hall–Kier alpha value is -2.54. The molecule has 0 aliphatic heterocycles. The van der Waals surface area contributed by atoms with E-state index in [0.717, 1.165) is 15.6 Å². The van der Waals surface area contributed by atoms with E-state index < -0.39 is 6.04 Å². The van der Waals surface area contributed by atoms with Crippen molar-refractivity contribution in [1.29, 1.82) is 0 Å². The number of hydrogen-bond donors (Lipinski definition) is 1. The lowest BCUT2D eigenvalue weighted by Crippen LogP contribution is -2.52. The Balaban J connectivity index is 1.94. The highest BCUT2D eigenvalue weighted by Crippen LogP contribution is 2.32. The second kappa shape index (κ2) is 13.7. The van der Waals surface area contributed by atoms with Gasteiger partial charge in [-0.2, -0.15) is 0 Å². The quantitative estimate of drug-likeness (QED) is 0.250. The van der Waals surface area contributed by atoms with E-state index in [-0.39, 0.29) is 36.4 Å². The van der Waals surface area contributed by atoms with E-state index >= 15 is 0 Å². The largest absolute Gasteiger partial charge is 0.483 e. The highest BCUT2D eigenvalue weighted by Gasteiger charge is 2.31. The fraction of sp³-hybridized carbons (Fsp3) is 0.355. The van der Waals surface area contributed by atoms with Gasteiger partial charge in [0.15, 0.2) is 6.61 Å². The molecule has 0 fully saturated rings. The van der Waals surface area contributed by atoms with Crippen LogP contribution in [0.1, 0.15) is 51.3 Å². The maximum atomic E-state index is 13.8. The summed E-state index contributed by atoms with van der Waals surface area (Å²) in [5.41, 5.74) is 2.73. The first-order valence-corrected chi connectivity index (χ1v) is 14.4. The summed E-state index contributed by atoms with van der Waals surface area (Å²) in [6, 6.07) is 19.7. The first-order valence-electron chi connectivity index (χ1n) is 12.9. The van der Waals surface area contributed by atoms with Crippen molar-refractivity contribution in [2.24, 2.45) is 0 Å². The maximum Gasteiger partial charge on any atom is 0.261 e. The standard InChI is InChI=1S/C31H35BrCl2N2O3/c1-20(2)35-30(38)27(15-21-9-7-6-8-10-21)36(18-22-11-13-24(33)17-26(22)34)29(37)19-39-28-14-12-23(16-25(28)32)31(3,4)5/h6-14,16-17,20,27H,15,18-19H2,1-5H3,(H,35,38)/t27-/m1/s1. The van der Waals surface area contributed by atoms with Crippen LogP contribution in [0.15, 0.2) is 71.2 Å². The van der Waals surface area contributed by atoms with Gasteiger partial charge in [0.1, 0.15) is 11.8 Å². The normalized spacial score (nSPS) is 12.2. The predicted molar refractivity (Wildman–Crippen MR) is 163 cm³/mol. The van der Waals surface area contributed by atoms with Crippen LogP contribution in [0.5, 0.6) is 5.75 Å². The molecule has 3 aromatic rings. The molecule has 39 heavy (non-hydrogen) atoms. The van der Waals surface area contributed by atoms with Crippen LogP contribution >= 0.6 is 39.1 Å². The summed E-state index contributed by atoms with van der Waals surface area (Å²) in [4.78, 5) is 28.8. The van der Waals surface area contributed by atoms with E-state index in [2.05, 4.69) is 42.0 Å². The summed E-state index contributed by atoms with van der Waals surface area (Å²) in [6.07, 6.45) is 0.334. The monoisotopic (exact) mass is 632 g/mol. The van der Waals surface area contributed by atoms with E-state index in [9.17, 15) is 9.59 Å². The molecule has 3 aromatic carbocycles. The van der Waals surface area contributed by atoms with E-state index in [1.54, 1.807) is 18.2 Å².